The van der Waals surface area contributed by atoms with E-state index in [4.69, 9.17) is 9.47 Å². The number of halogens is 1. The van der Waals surface area contributed by atoms with E-state index in [1.807, 2.05) is 17.0 Å². The molecule has 1 aromatic rings. The first-order valence-corrected chi connectivity index (χ1v) is 10.2. The minimum absolute atomic E-state index is 0. The van der Waals surface area contributed by atoms with Crippen LogP contribution in [0.5, 0.6) is 5.75 Å². The highest BCUT2D eigenvalue weighted by Crippen LogP contribution is 2.16. The van der Waals surface area contributed by atoms with Gasteiger partial charge in [-0.1, -0.05) is 17.7 Å². The number of carbonyl (C=O) groups is 1. The van der Waals surface area contributed by atoms with E-state index in [0.29, 0.717) is 13.2 Å². The first-order chi connectivity index (χ1) is 13.7. The number of benzene rings is 1. The van der Waals surface area contributed by atoms with Gasteiger partial charge in [-0.15, -0.1) is 24.0 Å². The summed E-state index contributed by atoms with van der Waals surface area (Å²) in [6.45, 7) is 7.25. The predicted molar refractivity (Wildman–Crippen MR) is 125 cm³/mol. The Labute approximate surface area is 190 Å². The number of hydrogen-bond acceptors (Lipinski definition) is 4. The second kappa shape index (κ2) is 12.2. The molecule has 1 aromatic carbocycles. The number of aryl methyl sites for hydroxylation is 1. The third-order valence-electron chi connectivity index (χ3n) is 5.20. The maximum Gasteiger partial charge on any atom is 0.251 e. The Balaban J connectivity index is 0.00000300. The van der Waals surface area contributed by atoms with E-state index in [0.717, 1.165) is 63.7 Å². The highest BCUT2D eigenvalue weighted by Gasteiger charge is 2.30. The van der Waals surface area contributed by atoms with E-state index in [1.165, 1.54) is 5.56 Å². The topological polar surface area (TPSA) is 66.4 Å². The molecule has 0 saturated carbocycles. The molecule has 2 heterocycles. The van der Waals surface area contributed by atoms with Crippen LogP contribution >= 0.6 is 24.0 Å². The van der Waals surface area contributed by atoms with Gasteiger partial charge in [-0.25, -0.2) is 0 Å². The fourth-order valence-corrected chi connectivity index (χ4v) is 3.54. The Kier molecular flexibility index (Phi) is 9.99. The summed E-state index contributed by atoms with van der Waals surface area (Å²) < 4.78 is 11.3. The molecule has 2 fully saturated rings. The zero-order chi connectivity index (χ0) is 19.8. The van der Waals surface area contributed by atoms with Crippen LogP contribution in [0.15, 0.2) is 29.3 Å². The second-order valence-electron chi connectivity index (χ2n) is 7.30. The van der Waals surface area contributed by atoms with Gasteiger partial charge in [0.2, 0.25) is 0 Å². The van der Waals surface area contributed by atoms with Crippen molar-refractivity contribution in [2.45, 2.75) is 32.3 Å². The normalized spacial score (nSPS) is 19.7. The molecule has 2 saturated heterocycles. The van der Waals surface area contributed by atoms with E-state index >= 15 is 0 Å². The summed E-state index contributed by atoms with van der Waals surface area (Å²) in [6, 6.07) is 8.11. The van der Waals surface area contributed by atoms with Gasteiger partial charge in [0.25, 0.3) is 5.91 Å². The summed E-state index contributed by atoms with van der Waals surface area (Å²) in [6.07, 6.45) is 2.51. The molecule has 2 aliphatic rings. The Hall–Kier alpha value is -1.55. The summed E-state index contributed by atoms with van der Waals surface area (Å²) in [4.78, 5) is 21.0. The summed E-state index contributed by atoms with van der Waals surface area (Å²) in [7, 11) is 1.80. The standard InChI is InChI=1S/C21H32N4O3.HI/c1-17-6-8-18(9-7-17)27-16-4-10-23-21(22-2)25-13-11-24(12-14-25)20(26)19-5-3-15-28-19;/h6-9,19H,3-5,10-16H2,1-2H3,(H,22,23);1H. The summed E-state index contributed by atoms with van der Waals surface area (Å²) in [5.41, 5.74) is 1.23. The van der Waals surface area contributed by atoms with Crippen LogP contribution in [0.25, 0.3) is 0 Å². The molecule has 0 bridgehead atoms. The largest absolute Gasteiger partial charge is 0.494 e. The van der Waals surface area contributed by atoms with Crippen molar-refractivity contribution < 1.29 is 14.3 Å². The molecule has 1 atom stereocenters. The quantitative estimate of drug-likeness (QED) is 0.272. The number of carbonyl (C=O) groups excluding carboxylic acids is 1. The van der Waals surface area contributed by atoms with E-state index in [2.05, 4.69) is 34.3 Å². The molecule has 8 heteroatoms. The third-order valence-corrected chi connectivity index (χ3v) is 5.20. The Morgan fingerprint density at radius 1 is 1.21 bits per heavy atom. The zero-order valence-electron chi connectivity index (χ0n) is 17.4. The Morgan fingerprint density at radius 2 is 1.90 bits per heavy atom. The first kappa shape index (κ1) is 23.7. The fourth-order valence-electron chi connectivity index (χ4n) is 3.54. The zero-order valence-corrected chi connectivity index (χ0v) is 19.8. The maximum atomic E-state index is 12.4. The molecule has 0 radical (unpaired) electrons. The lowest BCUT2D eigenvalue weighted by Gasteiger charge is -2.37. The van der Waals surface area contributed by atoms with Crippen molar-refractivity contribution in [1.29, 1.82) is 0 Å². The van der Waals surface area contributed by atoms with Gasteiger partial charge >= 0.3 is 0 Å². The highest BCUT2D eigenvalue weighted by atomic mass is 127. The van der Waals surface area contributed by atoms with Gasteiger partial charge in [0, 0.05) is 46.4 Å². The summed E-state index contributed by atoms with van der Waals surface area (Å²) >= 11 is 0. The lowest BCUT2D eigenvalue weighted by atomic mass is 10.2. The van der Waals surface area contributed by atoms with Crippen molar-refractivity contribution in [3.8, 4) is 5.75 Å². The molecule has 29 heavy (non-hydrogen) atoms. The lowest BCUT2D eigenvalue weighted by molar-refractivity contribution is -0.142. The molecule has 0 aliphatic carbocycles. The molecular formula is C21H33IN4O3. The number of piperazine rings is 1. The lowest BCUT2D eigenvalue weighted by Crippen LogP contribution is -2.55. The number of amides is 1. The number of aliphatic imine (C=N–C) groups is 1. The number of hydrogen-bond donors (Lipinski definition) is 1. The molecule has 0 spiro atoms. The van der Waals surface area contributed by atoms with E-state index in [-0.39, 0.29) is 36.0 Å². The van der Waals surface area contributed by atoms with Crippen molar-refractivity contribution in [1.82, 2.24) is 15.1 Å². The van der Waals surface area contributed by atoms with Gasteiger partial charge in [0.05, 0.1) is 6.61 Å². The smallest absolute Gasteiger partial charge is 0.251 e. The average Bonchev–Trinajstić information content (AvgIpc) is 3.27. The van der Waals surface area contributed by atoms with Gasteiger partial charge in [0.1, 0.15) is 11.9 Å². The minimum atomic E-state index is -0.225. The van der Waals surface area contributed by atoms with Crippen molar-refractivity contribution in [2.75, 3.05) is 53.0 Å². The van der Waals surface area contributed by atoms with Crippen LogP contribution in [0.1, 0.15) is 24.8 Å². The molecule has 7 nitrogen and oxygen atoms in total. The number of nitrogens with one attached hydrogen (secondary N) is 1. The highest BCUT2D eigenvalue weighted by molar-refractivity contribution is 14.0. The average molecular weight is 516 g/mol. The monoisotopic (exact) mass is 516 g/mol. The van der Waals surface area contributed by atoms with Crippen LogP contribution in [0.2, 0.25) is 0 Å². The van der Waals surface area contributed by atoms with Gasteiger partial charge in [0.15, 0.2) is 5.96 Å². The van der Waals surface area contributed by atoms with Gasteiger partial charge in [-0.05, 0) is 38.3 Å². The summed E-state index contributed by atoms with van der Waals surface area (Å²) in [5.74, 6) is 1.94. The molecule has 1 amide bonds. The van der Waals surface area contributed by atoms with Crippen molar-refractivity contribution in [3.63, 3.8) is 0 Å². The van der Waals surface area contributed by atoms with Crippen LogP contribution in [0.3, 0.4) is 0 Å². The Bertz CT molecular complexity index is 654. The number of ether oxygens (including phenoxy) is 2. The fraction of sp³-hybridized carbons (Fsp3) is 0.619. The number of nitrogens with zero attached hydrogens (tertiary/aromatic N) is 3. The number of guanidine groups is 1. The van der Waals surface area contributed by atoms with E-state index < -0.39 is 0 Å². The molecule has 2 aliphatic heterocycles. The minimum Gasteiger partial charge on any atom is -0.494 e. The van der Waals surface area contributed by atoms with Crippen molar-refractivity contribution >= 4 is 35.8 Å². The molecule has 1 unspecified atom stereocenters. The third kappa shape index (κ3) is 7.02. The van der Waals surface area contributed by atoms with Crippen LogP contribution in [-0.4, -0.2) is 80.8 Å². The molecule has 0 aromatic heterocycles. The van der Waals surface area contributed by atoms with Crippen molar-refractivity contribution in [2.24, 2.45) is 4.99 Å². The van der Waals surface area contributed by atoms with Gasteiger partial charge < -0.3 is 24.6 Å². The van der Waals surface area contributed by atoms with Gasteiger partial charge in [-0.3, -0.25) is 9.79 Å². The van der Waals surface area contributed by atoms with Crippen molar-refractivity contribution in [3.05, 3.63) is 29.8 Å². The summed E-state index contributed by atoms with van der Waals surface area (Å²) in [5, 5.41) is 3.40. The molecular weight excluding hydrogens is 483 g/mol. The van der Waals surface area contributed by atoms with Gasteiger partial charge in [-0.2, -0.15) is 0 Å². The molecule has 1 N–H and O–H groups in total. The van der Waals surface area contributed by atoms with Crippen LogP contribution in [0.4, 0.5) is 0 Å². The second-order valence-corrected chi connectivity index (χ2v) is 7.30. The van der Waals surface area contributed by atoms with E-state index in [1.54, 1.807) is 7.05 Å². The van der Waals surface area contributed by atoms with Crippen LogP contribution in [-0.2, 0) is 9.53 Å². The first-order valence-electron chi connectivity index (χ1n) is 10.2. The maximum absolute atomic E-state index is 12.4. The number of rotatable bonds is 6. The SMILES string of the molecule is CN=C(NCCCOc1ccc(C)cc1)N1CCN(C(=O)C2CCCO2)CC1.I. The van der Waals surface area contributed by atoms with Crippen LogP contribution in [0, 0.1) is 6.92 Å². The molecule has 3 rings (SSSR count). The van der Waals surface area contributed by atoms with E-state index in [9.17, 15) is 4.79 Å². The molecule has 162 valence electrons. The van der Waals surface area contributed by atoms with Crippen LogP contribution < -0.4 is 10.1 Å². The predicted octanol–water partition coefficient (Wildman–Crippen LogP) is 2.28. The Morgan fingerprint density at radius 3 is 2.52 bits per heavy atom.